The van der Waals surface area contributed by atoms with Crippen LogP contribution in [0.2, 0.25) is 0 Å². The molecule has 0 radical (unpaired) electrons. The van der Waals surface area contributed by atoms with Crippen LogP contribution in [-0.2, 0) is 32.1 Å². The van der Waals surface area contributed by atoms with Gasteiger partial charge in [0.15, 0.2) is 0 Å². The molecule has 4 aromatic carbocycles. The first-order chi connectivity index (χ1) is 25.4. The van der Waals surface area contributed by atoms with E-state index < -0.39 is 21.3 Å². The maximum atomic E-state index is 2.73. The van der Waals surface area contributed by atoms with Crippen molar-refractivity contribution in [2.24, 2.45) is 11.3 Å². The molecule has 0 aliphatic heterocycles. The van der Waals surface area contributed by atoms with Gasteiger partial charge in [0.05, 0.1) is 0 Å². The Bertz CT molecular complexity index is 2270. The molecule has 0 bridgehead atoms. The molecule has 4 aliphatic rings. The van der Waals surface area contributed by atoms with Gasteiger partial charge in [-0.05, 0) is 0 Å². The van der Waals surface area contributed by atoms with Crippen LogP contribution in [0.15, 0.2) is 105 Å². The van der Waals surface area contributed by atoms with Crippen molar-refractivity contribution in [1.82, 2.24) is 0 Å². The molecular formula is C53H60Cl2Zr. The minimum Gasteiger partial charge on any atom is -1.00 e. The van der Waals surface area contributed by atoms with Gasteiger partial charge in [-0.1, -0.05) is 0 Å². The Hall–Kier alpha value is -2.83. The molecule has 0 N–H and O–H groups in total. The normalized spacial score (nSPS) is 18.4. The van der Waals surface area contributed by atoms with E-state index in [4.69, 9.17) is 0 Å². The second kappa shape index (κ2) is 15.1. The third kappa shape index (κ3) is 6.85. The SMILES string of the molecule is CCC1=[C]([Zr+2](=[C](c2ccc(C)cc2)c2ccc(C)cc2)[CH]2c3cc4c(cc3-c3cc5c(cc32)C(C)(C)C=C5C)C(C)=CC4(C)C)C(CC)C=C1C(C)(C)C.[Cl-].[Cl-]. The Balaban J connectivity index is 0.00000266. The molecule has 8 rings (SSSR count). The molecular weight excluding hydrogens is 799 g/mol. The molecule has 0 fully saturated rings. The molecule has 1 unspecified atom stereocenters. The van der Waals surface area contributed by atoms with Gasteiger partial charge in [-0.2, -0.15) is 0 Å². The third-order valence-electron chi connectivity index (χ3n) is 13.2. The summed E-state index contributed by atoms with van der Waals surface area (Å²) in [6.45, 7) is 31.0. The fraction of sp³-hybridized carbons (Fsp3) is 0.377. The minimum atomic E-state index is -3.08. The van der Waals surface area contributed by atoms with Crippen LogP contribution in [0.3, 0.4) is 0 Å². The van der Waals surface area contributed by atoms with Gasteiger partial charge in [0.2, 0.25) is 0 Å². The van der Waals surface area contributed by atoms with Crippen molar-refractivity contribution in [3.8, 4) is 11.1 Å². The van der Waals surface area contributed by atoms with Gasteiger partial charge in [0, 0.05) is 0 Å². The van der Waals surface area contributed by atoms with Gasteiger partial charge < -0.3 is 24.8 Å². The fourth-order valence-corrected chi connectivity index (χ4v) is 21.1. The first-order valence-electron chi connectivity index (χ1n) is 20.6. The predicted octanol–water partition coefficient (Wildman–Crippen LogP) is 8.33. The quantitative estimate of drug-likeness (QED) is 0.183. The molecule has 1 atom stereocenters. The summed E-state index contributed by atoms with van der Waals surface area (Å²) >= 11 is -3.08. The zero-order valence-electron chi connectivity index (χ0n) is 36.0. The molecule has 0 amide bonds. The van der Waals surface area contributed by atoms with Gasteiger partial charge >= 0.3 is 336 Å². The summed E-state index contributed by atoms with van der Waals surface area (Å²) < 4.78 is 3.86. The number of fused-ring (bicyclic) bond motifs is 5. The molecule has 0 saturated carbocycles. The van der Waals surface area contributed by atoms with E-state index in [2.05, 4.69) is 181 Å². The third-order valence-corrected chi connectivity index (χ3v) is 22.0. The smallest absolute Gasteiger partial charge is 1.00 e. The zero-order chi connectivity index (χ0) is 38.6. The molecule has 56 heavy (non-hydrogen) atoms. The van der Waals surface area contributed by atoms with Gasteiger partial charge in [-0.3, -0.25) is 0 Å². The van der Waals surface area contributed by atoms with E-state index in [9.17, 15) is 0 Å². The molecule has 0 saturated heterocycles. The van der Waals surface area contributed by atoms with Gasteiger partial charge in [-0.15, -0.1) is 0 Å². The molecule has 4 aromatic rings. The Morgan fingerprint density at radius 2 is 1.05 bits per heavy atom. The largest absolute Gasteiger partial charge is 1.00 e. The van der Waals surface area contributed by atoms with Crippen LogP contribution in [0.25, 0.3) is 22.3 Å². The van der Waals surface area contributed by atoms with Crippen LogP contribution in [0.1, 0.15) is 148 Å². The summed E-state index contributed by atoms with van der Waals surface area (Å²) in [5, 5.41) is 0. The summed E-state index contributed by atoms with van der Waals surface area (Å²) in [4.78, 5) is 0. The number of hydrogen-bond donors (Lipinski definition) is 0. The van der Waals surface area contributed by atoms with Crippen molar-refractivity contribution < 1.29 is 46.1 Å². The van der Waals surface area contributed by atoms with Crippen LogP contribution in [0.4, 0.5) is 0 Å². The number of aryl methyl sites for hydroxylation is 2. The van der Waals surface area contributed by atoms with E-state index in [1.807, 2.05) is 3.28 Å². The number of allylic oxidation sites excluding steroid dienone is 8. The average molecular weight is 859 g/mol. The molecule has 4 aliphatic carbocycles. The van der Waals surface area contributed by atoms with Gasteiger partial charge in [0.25, 0.3) is 0 Å². The summed E-state index contributed by atoms with van der Waals surface area (Å²) in [5.41, 5.74) is 23.8. The zero-order valence-corrected chi connectivity index (χ0v) is 40.0. The second-order valence-electron chi connectivity index (χ2n) is 19.1. The van der Waals surface area contributed by atoms with Crippen molar-refractivity contribution in [2.45, 2.75) is 117 Å². The first kappa shape index (κ1) is 42.8. The maximum Gasteiger partial charge on any atom is -1.00 e. The van der Waals surface area contributed by atoms with E-state index in [0.29, 0.717) is 9.54 Å². The standard InChI is InChI=1S/C25H25.C15H14.C13H21.2ClH.Zr/c1-14-12-24(3,4)22-8-16-7-17-9-23-19(15(2)13-25(23,5)6)11-21(17)20(16)10-18(14)22;1-12-3-7-14(8-4-12)11-15-9-5-13(2)6-10-15;1-6-10-8-11(7-2)12(9-10)13(3,4)5;;;/h7-13H,1-6H3;3-10H,1-2H3;9-10H,6-7H2,1-5H3;2*1H;/q;;;;;+2/p-2. The molecule has 0 spiro atoms. The molecule has 0 aromatic heterocycles. The van der Waals surface area contributed by atoms with Gasteiger partial charge in [0.1, 0.15) is 0 Å². The molecule has 0 nitrogen and oxygen atoms in total. The summed E-state index contributed by atoms with van der Waals surface area (Å²) in [7, 11) is 0. The Morgan fingerprint density at radius 1 is 0.625 bits per heavy atom. The topological polar surface area (TPSA) is 0 Å². The molecule has 3 heteroatoms. The van der Waals surface area contributed by atoms with Crippen molar-refractivity contribution in [1.29, 1.82) is 0 Å². The monoisotopic (exact) mass is 856 g/mol. The maximum absolute atomic E-state index is 3.08. The molecule has 290 valence electrons. The Kier molecular flexibility index (Phi) is 11.5. The van der Waals surface area contributed by atoms with Crippen LogP contribution >= 0.6 is 0 Å². The predicted molar refractivity (Wildman–Crippen MR) is 231 cm³/mol. The minimum absolute atomic E-state index is 0. The first-order valence-corrected chi connectivity index (χ1v) is 24.4. The summed E-state index contributed by atoms with van der Waals surface area (Å²) in [6, 6.07) is 29.9. The van der Waals surface area contributed by atoms with Crippen LogP contribution in [-0.4, -0.2) is 3.21 Å². The van der Waals surface area contributed by atoms with E-state index in [1.54, 1.807) is 25.5 Å². The number of rotatable bonds is 6. The van der Waals surface area contributed by atoms with Crippen LogP contribution < -0.4 is 24.8 Å². The number of halogens is 2. The van der Waals surface area contributed by atoms with E-state index in [-0.39, 0.29) is 41.1 Å². The summed E-state index contributed by atoms with van der Waals surface area (Å²) in [6.07, 6.45) is 9.98. The van der Waals surface area contributed by atoms with E-state index in [0.717, 1.165) is 12.8 Å². The van der Waals surface area contributed by atoms with Crippen molar-refractivity contribution >= 4 is 14.4 Å². The van der Waals surface area contributed by atoms with Crippen molar-refractivity contribution in [2.75, 3.05) is 0 Å². The van der Waals surface area contributed by atoms with Crippen LogP contribution in [0, 0.1) is 25.2 Å². The fourth-order valence-electron chi connectivity index (χ4n) is 10.6. The average Bonchev–Trinajstić information content (AvgIpc) is 3.78. The number of benzene rings is 4. The van der Waals surface area contributed by atoms with Crippen molar-refractivity contribution in [3.05, 3.63) is 161 Å². The Labute approximate surface area is 358 Å². The number of hydrogen-bond acceptors (Lipinski definition) is 0. The summed E-state index contributed by atoms with van der Waals surface area (Å²) in [5.74, 6) is 0.464. The van der Waals surface area contributed by atoms with E-state index >= 15 is 0 Å². The van der Waals surface area contributed by atoms with Crippen LogP contribution in [0.5, 0.6) is 0 Å². The van der Waals surface area contributed by atoms with Crippen molar-refractivity contribution in [3.63, 3.8) is 0 Å². The molecule has 0 heterocycles. The van der Waals surface area contributed by atoms with Gasteiger partial charge in [-0.25, -0.2) is 0 Å². The Morgan fingerprint density at radius 3 is 1.43 bits per heavy atom. The second-order valence-corrected chi connectivity index (χ2v) is 25.1. The van der Waals surface area contributed by atoms with E-state index in [1.165, 1.54) is 66.8 Å².